The topological polar surface area (TPSA) is 12.0 Å². The fraction of sp³-hybridized carbons (Fsp3) is 0.294. The van der Waals surface area contributed by atoms with Crippen LogP contribution in [-0.2, 0) is 0 Å². The van der Waals surface area contributed by atoms with E-state index in [0.29, 0.717) is 5.02 Å². The number of aryl methyl sites for hydroxylation is 2. The Morgan fingerprint density at radius 1 is 1.10 bits per heavy atom. The zero-order chi connectivity index (χ0) is 14.7. The lowest BCUT2D eigenvalue weighted by atomic mass is 9.95. The molecule has 106 valence electrons. The van der Waals surface area contributed by atoms with Gasteiger partial charge >= 0.3 is 0 Å². The van der Waals surface area contributed by atoms with Gasteiger partial charge < -0.3 is 5.32 Å². The van der Waals surface area contributed by atoms with Crippen LogP contribution in [0.4, 0.5) is 4.39 Å². The minimum absolute atomic E-state index is 0.0956. The van der Waals surface area contributed by atoms with Crippen LogP contribution in [0, 0.1) is 19.7 Å². The van der Waals surface area contributed by atoms with Crippen molar-refractivity contribution in [2.75, 3.05) is 6.54 Å². The molecular weight excluding hydrogens is 273 g/mol. The summed E-state index contributed by atoms with van der Waals surface area (Å²) in [6.07, 6.45) is 0. The van der Waals surface area contributed by atoms with Crippen LogP contribution in [0.2, 0.25) is 5.02 Å². The molecule has 3 heteroatoms. The van der Waals surface area contributed by atoms with Crippen molar-refractivity contribution in [3.8, 4) is 0 Å². The predicted molar refractivity (Wildman–Crippen MR) is 82.8 cm³/mol. The molecule has 0 heterocycles. The number of hydrogen-bond acceptors (Lipinski definition) is 1. The Hall–Kier alpha value is -1.38. The first kappa shape index (κ1) is 15.0. The van der Waals surface area contributed by atoms with Crippen molar-refractivity contribution >= 4 is 11.6 Å². The fourth-order valence-corrected chi connectivity index (χ4v) is 2.75. The molecule has 0 spiro atoms. The molecule has 0 aliphatic heterocycles. The van der Waals surface area contributed by atoms with Crippen molar-refractivity contribution in [2.24, 2.45) is 0 Å². The lowest BCUT2D eigenvalue weighted by molar-refractivity contribution is 0.603. The van der Waals surface area contributed by atoms with E-state index >= 15 is 0 Å². The highest BCUT2D eigenvalue weighted by Crippen LogP contribution is 2.30. The molecule has 0 bridgehead atoms. The van der Waals surface area contributed by atoms with Crippen molar-refractivity contribution in [3.63, 3.8) is 0 Å². The SMILES string of the molecule is CCNC(c1cc(C)cc(C)c1)c1cc(F)ccc1Cl. The summed E-state index contributed by atoms with van der Waals surface area (Å²) < 4.78 is 13.5. The summed E-state index contributed by atoms with van der Waals surface area (Å²) in [6.45, 7) is 6.94. The number of benzene rings is 2. The Balaban J connectivity index is 2.52. The van der Waals surface area contributed by atoms with E-state index in [-0.39, 0.29) is 11.9 Å². The first-order valence-corrected chi connectivity index (χ1v) is 7.15. The van der Waals surface area contributed by atoms with E-state index < -0.39 is 0 Å². The molecule has 0 saturated heterocycles. The van der Waals surface area contributed by atoms with Crippen LogP contribution in [0.25, 0.3) is 0 Å². The summed E-state index contributed by atoms with van der Waals surface area (Å²) in [5, 5.41) is 3.97. The molecule has 1 N–H and O–H groups in total. The maximum atomic E-state index is 13.5. The average molecular weight is 292 g/mol. The first-order chi connectivity index (χ1) is 9.51. The predicted octanol–water partition coefficient (Wildman–Crippen LogP) is 4.79. The zero-order valence-corrected chi connectivity index (χ0v) is 12.8. The van der Waals surface area contributed by atoms with Crippen molar-refractivity contribution in [1.82, 2.24) is 5.32 Å². The monoisotopic (exact) mass is 291 g/mol. The third-order valence-corrected chi connectivity index (χ3v) is 3.60. The quantitative estimate of drug-likeness (QED) is 0.853. The molecule has 1 atom stereocenters. The number of halogens is 2. The average Bonchev–Trinajstić information content (AvgIpc) is 2.38. The first-order valence-electron chi connectivity index (χ1n) is 6.77. The van der Waals surface area contributed by atoms with Gasteiger partial charge in [0, 0.05) is 5.02 Å². The van der Waals surface area contributed by atoms with E-state index in [4.69, 9.17) is 11.6 Å². The van der Waals surface area contributed by atoms with Gasteiger partial charge in [0.25, 0.3) is 0 Å². The molecule has 0 aliphatic carbocycles. The van der Waals surface area contributed by atoms with Crippen molar-refractivity contribution in [3.05, 3.63) is 69.5 Å². The van der Waals surface area contributed by atoms with Gasteiger partial charge in [-0.2, -0.15) is 0 Å². The van der Waals surface area contributed by atoms with E-state index in [0.717, 1.165) is 17.7 Å². The summed E-state index contributed by atoms with van der Waals surface area (Å²) in [4.78, 5) is 0. The molecule has 0 saturated carbocycles. The lowest BCUT2D eigenvalue weighted by Crippen LogP contribution is -2.22. The molecule has 20 heavy (non-hydrogen) atoms. The van der Waals surface area contributed by atoms with Gasteiger partial charge in [-0.3, -0.25) is 0 Å². The minimum Gasteiger partial charge on any atom is -0.306 e. The normalized spacial score (nSPS) is 12.4. The standard InChI is InChI=1S/C17H19ClFN/c1-4-20-17(13-8-11(2)7-12(3)9-13)15-10-14(19)5-6-16(15)18/h5-10,17,20H,4H2,1-3H3. The summed E-state index contributed by atoms with van der Waals surface area (Å²) in [6, 6.07) is 10.8. The molecular formula is C17H19ClFN. The summed E-state index contributed by atoms with van der Waals surface area (Å²) >= 11 is 6.25. The van der Waals surface area contributed by atoms with Gasteiger partial charge in [0.05, 0.1) is 6.04 Å². The van der Waals surface area contributed by atoms with Crippen LogP contribution in [0.5, 0.6) is 0 Å². The van der Waals surface area contributed by atoms with Gasteiger partial charge in [-0.05, 0) is 49.7 Å². The second kappa shape index (κ2) is 6.38. The van der Waals surface area contributed by atoms with E-state index in [9.17, 15) is 4.39 Å². The van der Waals surface area contributed by atoms with Crippen LogP contribution in [-0.4, -0.2) is 6.54 Å². The Labute approximate surface area is 124 Å². The molecule has 2 aromatic carbocycles. The van der Waals surface area contributed by atoms with Crippen molar-refractivity contribution in [1.29, 1.82) is 0 Å². The smallest absolute Gasteiger partial charge is 0.123 e. The van der Waals surface area contributed by atoms with E-state index in [1.807, 2.05) is 6.92 Å². The van der Waals surface area contributed by atoms with E-state index in [2.05, 4.69) is 37.4 Å². The molecule has 0 radical (unpaired) electrons. The maximum Gasteiger partial charge on any atom is 0.123 e. The van der Waals surface area contributed by atoms with Gasteiger partial charge in [0.15, 0.2) is 0 Å². The van der Waals surface area contributed by atoms with Gasteiger partial charge in [-0.15, -0.1) is 0 Å². The highest BCUT2D eigenvalue weighted by atomic mass is 35.5. The largest absolute Gasteiger partial charge is 0.306 e. The van der Waals surface area contributed by atoms with Gasteiger partial charge in [-0.1, -0.05) is 47.9 Å². The van der Waals surface area contributed by atoms with Crippen LogP contribution in [0.3, 0.4) is 0 Å². The fourth-order valence-electron chi connectivity index (χ4n) is 2.52. The second-order valence-corrected chi connectivity index (χ2v) is 5.48. The van der Waals surface area contributed by atoms with Gasteiger partial charge in [0.1, 0.15) is 5.82 Å². The summed E-state index contributed by atoms with van der Waals surface area (Å²) in [5.74, 6) is -0.267. The molecule has 0 amide bonds. The lowest BCUT2D eigenvalue weighted by Gasteiger charge is -2.21. The molecule has 1 unspecified atom stereocenters. The summed E-state index contributed by atoms with van der Waals surface area (Å²) in [5.41, 5.74) is 4.27. The van der Waals surface area contributed by atoms with E-state index in [1.54, 1.807) is 6.07 Å². The van der Waals surface area contributed by atoms with Crippen LogP contribution < -0.4 is 5.32 Å². The molecule has 0 fully saturated rings. The number of hydrogen-bond donors (Lipinski definition) is 1. The molecule has 0 aromatic heterocycles. The minimum atomic E-state index is -0.267. The highest BCUT2D eigenvalue weighted by Gasteiger charge is 2.17. The van der Waals surface area contributed by atoms with Crippen LogP contribution in [0.1, 0.15) is 35.2 Å². The van der Waals surface area contributed by atoms with Crippen molar-refractivity contribution in [2.45, 2.75) is 26.8 Å². The Kier molecular flexibility index (Phi) is 4.79. The third kappa shape index (κ3) is 3.38. The zero-order valence-electron chi connectivity index (χ0n) is 12.0. The van der Waals surface area contributed by atoms with Crippen LogP contribution >= 0.6 is 11.6 Å². The van der Waals surface area contributed by atoms with E-state index in [1.165, 1.54) is 23.3 Å². The highest BCUT2D eigenvalue weighted by molar-refractivity contribution is 6.31. The third-order valence-electron chi connectivity index (χ3n) is 3.25. The van der Waals surface area contributed by atoms with Crippen LogP contribution in [0.15, 0.2) is 36.4 Å². The molecule has 2 aromatic rings. The van der Waals surface area contributed by atoms with Crippen molar-refractivity contribution < 1.29 is 4.39 Å². The summed E-state index contributed by atoms with van der Waals surface area (Å²) in [7, 11) is 0. The Morgan fingerprint density at radius 3 is 2.35 bits per heavy atom. The Bertz CT molecular complexity index is 590. The number of nitrogens with one attached hydrogen (secondary N) is 1. The number of rotatable bonds is 4. The maximum absolute atomic E-state index is 13.5. The second-order valence-electron chi connectivity index (χ2n) is 5.08. The Morgan fingerprint density at radius 2 is 1.75 bits per heavy atom. The molecule has 0 aliphatic rings. The van der Waals surface area contributed by atoms with Gasteiger partial charge in [0.2, 0.25) is 0 Å². The molecule has 2 rings (SSSR count). The van der Waals surface area contributed by atoms with Gasteiger partial charge in [-0.25, -0.2) is 4.39 Å². The molecule has 1 nitrogen and oxygen atoms in total.